The third-order valence-corrected chi connectivity index (χ3v) is 2.71. The van der Waals surface area contributed by atoms with Gasteiger partial charge < -0.3 is 9.15 Å². The van der Waals surface area contributed by atoms with E-state index in [4.69, 9.17) is 9.15 Å². The lowest BCUT2D eigenvalue weighted by atomic mass is 10.1. The quantitative estimate of drug-likeness (QED) is 0.432. The molecule has 0 radical (unpaired) electrons. The van der Waals surface area contributed by atoms with E-state index in [-0.39, 0.29) is 5.97 Å². The first kappa shape index (κ1) is 16.0. The van der Waals surface area contributed by atoms with Gasteiger partial charge in [-0.1, -0.05) is 11.6 Å². The lowest BCUT2D eigenvalue weighted by molar-refractivity contribution is -0.104. The molecule has 0 atom stereocenters. The summed E-state index contributed by atoms with van der Waals surface area (Å²) in [4.78, 5) is 21.9. The summed E-state index contributed by atoms with van der Waals surface area (Å²) in [6, 6.07) is 1.66. The summed E-state index contributed by atoms with van der Waals surface area (Å²) in [6.07, 6.45) is 7.66. The molecule has 0 aliphatic carbocycles. The molecule has 0 fully saturated rings. The highest BCUT2D eigenvalue weighted by molar-refractivity contribution is 5.89. The Morgan fingerprint density at radius 2 is 2.15 bits per heavy atom. The van der Waals surface area contributed by atoms with E-state index in [9.17, 15) is 9.59 Å². The number of hydrogen-bond donors (Lipinski definition) is 0. The number of aldehydes is 1. The zero-order valence-corrected chi connectivity index (χ0v) is 12.1. The maximum atomic E-state index is 11.5. The van der Waals surface area contributed by atoms with Gasteiger partial charge in [0.25, 0.3) is 0 Å². The van der Waals surface area contributed by atoms with E-state index in [2.05, 4.69) is 0 Å². The van der Waals surface area contributed by atoms with Crippen LogP contribution in [0.3, 0.4) is 0 Å². The summed E-state index contributed by atoms with van der Waals surface area (Å²) in [7, 11) is 0. The van der Waals surface area contributed by atoms with Gasteiger partial charge in [-0.3, -0.25) is 4.79 Å². The molecule has 0 aliphatic rings. The van der Waals surface area contributed by atoms with Crippen molar-refractivity contribution < 1.29 is 18.7 Å². The molecule has 0 saturated heterocycles. The van der Waals surface area contributed by atoms with Crippen molar-refractivity contribution in [1.82, 2.24) is 0 Å². The second-order valence-electron chi connectivity index (χ2n) is 4.55. The number of esters is 1. The second kappa shape index (κ2) is 8.15. The Labute approximate surface area is 119 Å². The Bertz CT molecular complexity index is 520. The van der Waals surface area contributed by atoms with Crippen LogP contribution in [0.4, 0.5) is 0 Å². The molecule has 0 N–H and O–H groups in total. The first-order chi connectivity index (χ1) is 9.56. The molecule has 4 heteroatoms. The summed E-state index contributed by atoms with van der Waals surface area (Å²) >= 11 is 0. The molecule has 0 spiro atoms. The number of carbonyl (C=O) groups is 2. The van der Waals surface area contributed by atoms with E-state index in [1.807, 2.05) is 19.1 Å². The van der Waals surface area contributed by atoms with Crippen LogP contribution in [-0.4, -0.2) is 18.9 Å². The maximum absolute atomic E-state index is 11.5. The fourth-order valence-corrected chi connectivity index (χ4v) is 1.64. The molecular weight excluding hydrogens is 256 g/mol. The average molecular weight is 276 g/mol. The van der Waals surface area contributed by atoms with Crippen molar-refractivity contribution in [2.75, 3.05) is 6.61 Å². The number of carbonyl (C=O) groups excluding carboxylic acids is 2. The van der Waals surface area contributed by atoms with E-state index in [0.29, 0.717) is 17.9 Å². The summed E-state index contributed by atoms with van der Waals surface area (Å²) in [5.41, 5.74) is 2.27. The van der Waals surface area contributed by atoms with Gasteiger partial charge in [0.05, 0.1) is 12.2 Å². The molecule has 1 aromatic rings. The Morgan fingerprint density at radius 1 is 1.40 bits per heavy atom. The van der Waals surface area contributed by atoms with E-state index < -0.39 is 0 Å². The fraction of sp³-hybridized carbons (Fsp3) is 0.375. The molecule has 0 bridgehead atoms. The van der Waals surface area contributed by atoms with Crippen LogP contribution in [0.25, 0.3) is 6.08 Å². The molecule has 1 rings (SSSR count). The first-order valence-electron chi connectivity index (χ1n) is 6.61. The zero-order valence-electron chi connectivity index (χ0n) is 12.1. The number of hydrogen-bond acceptors (Lipinski definition) is 4. The molecule has 20 heavy (non-hydrogen) atoms. The number of rotatable bonds is 7. The van der Waals surface area contributed by atoms with Gasteiger partial charge in [-0.15, -0.1) is 0 Å². The maximum Gasteiger partial charge on any atom is 0.341 e. The third-order valence-electron chi connectivity index (χ3n) is 2.71. The number of ether oxygens (including phenoxy) is 1. The predicted octanol–water partition coefficient (Wildman–Crippen LogP) is 3.79. The standard InChI is InChI=1S/C16H20O4/c1-4-19-16(18)14-9-15(20-11-14)8-12(2)6-5-7-13(3)10-17/h7-11H,4-6H2,1-3H3/b12-8+,13-7+. The van der Waals surface area contributed by atoms with Crippen LogP contribution >= 0.6 is 0 Å². The van der Waals surface area contributed by atoms with Crippen LogP contribution in [-0.2, 0) is 9.53 Å². The van der Waals surface area contributed by atoms with Crippen molar-refractivity contribution in [2.45, 2.75) is 33.6 Å². The smallest absolute Gasteiger partial charge is 0.341 e. The molecule has 0 saturated carbocycles. The third kappa shape index (κ3) is 5.26. The molecular formula is C16H20O4. The fourth-order valence-electron chi connectivity index (χ4n) is 1.64. The lowest BCUT2D eigenvalue weighted by Crippen LogP contribution is -2.02. The second-order valence-corrected chi connectivity index (χ2v) is 4.55. The molecule has 4 nitrogen and oxygen atoms in total. The van der Waals surface area contributed by atoms with Crippen LogP contribution in [0.5, 0.6) is 0 Å². The zero-order chi connectivity index (χ0) is 15.0. The van der Waals surface area contributed by atoms with Crippen LogP contribution < -0.4 is 0 Å². The highest BCUT2D eigenvalue weighted by atomic mass is 16.5. The minimum atomic E-state index is -0.377. The van der Waals surface area contributed by atoms with Crippen molar-refractivity contribution in [3.63, 3.8) is 0 Å². The lowest BCUT2D eigenvalue weighted by Gasteiger charge is -1.97. The van der Waals surface area contributed by atoms with Gasteiger partial charge in [0.1, 0.15) is 18.3 Å². The largest absolute Gasteiger partial charge is 0.464 e. The minimum Gasteiger partial charge on any atom is -0.464 e. The molecule has 0 unspecified atom stereocenters. The molecule has 0 aromatic carbocycles. The topological polar surface area (TPSA) is 56.5 Å². The number of allylic oxidation sites excluding steroid dienone is 3. The minimum absolute atomic E-state index is 0.344. The normalized spacial score (nSPS) is 12.3. The van der Waals surface area contributed by atoms with Crippen LogP contribution in [0.1, 0.15) is 49.7 Å². The molecule has 1 aromatic heterocycles. The van der Waals surface area contributed by atoms with Gasteiger partial charge in [-0.05, 0) is 51.3 Å². The summed E-state index contributed by atoms with van der Waals surface area (Å²) in [5.74, 6) is 0.250. The Morgan fingerprint density at radius 3 is 2.80 bits per heavy atom. The highest BCUT2D eigenvalue weighted by Gasteiger charge is 2.09. The Kier molecular flexibility index (Phi) is 6.50. The van der Waals surface area contributed by atoms with Crippen LogP contribution in [0, 0.1) is 0 Å². The van der Waals surface area contributed by atoms with Crippen LogP contribution in [0.15, 0.2) is 34.0 Å². The molecule has 0 aliphatic heterocycles. The van der Waals surface area contributed by atoms with Crippen molar-refractivity contribution in [1.29, 1.82) is 0 Å². The van der Waals surface area contributed by atoms with Crippen molar-refractivity contribution in [3.8, 4) is 0 Å². The Balaban J connectivity index is 2.60. The molecule has 108 valence electrons. The molecule has 1 heterocycles. The molecule has 0 amide bonds. The summed E-state index contributed by atoms with van der Waals surface area (Å²) in [6.45, 7) is 5.87. The summed E-state index contributed by atoms with van der Waals surface area (Å²) < 4.78 is 10.2. The van der Waals surface area contributed by atoms with Gasteiger partial charge in [0.15, 0.2) is 0 Å². The predicted molar refractivity (Wildman–Crippen MR) is 77.4 cm³/mol. The van der Waals surface area contributed by atoms with Crippen LogP contribution in [0.2, 0.25) is 0 Å². The van der Waals surface area contributed by atoms with Gasteiger partial charge in [-0.2, -0.15) is 0 Å². The van der Waals surface area contributed by atoms with Gasteiger partial charge in [0, 0.05) is 0 Å². The van der Waals surface area contributed by atoms with Gasteiger partial charge in [-0.25, -0.2) is 4.79 Å². The SMILES string of the molecule is CCOC(=O)c1coc(/C=C(\C)CC/C=C(\C)C=O)c1. The monoisotopic (exact) mass is 276 g/mol. The van der Waals surface area contributed by atoms with E-state index in [1.165, 1.54) is 6.26 Å². The number of furan rings is 1. The van der Waals surface area contributed by atoms with Crippen molar-refractivity contribution in [3.05, 3.63) is 40.9 Å². The van der Waals surface area contributed by atoms with Gasteiger partial charge >= 0.3 is 5.97 Å². The van der Waals surface area contributed by atoms with Gasteiger partial charge in [0.2, 0.25) is 0 Å². The van der Waals surface area contributed by atoms with E-state index in [0.717, 1.165) is 30.3 Å². The van der Waals surface area contributed by atoms with E-state index >= 15 is 0 Å². The Hall–Kier alpha value is -2.10. The highest BCUT2D eigenvalue weighted by Crippen LogP contribution is 2.15. The van der Waals surface area contributed by atoms with Crippen molar-refractivity contribution >= 4 is 18.3 Å². The van der Waals surface area contributed by atoms with Crippen molar-refractivity contribution in [2.24, 2.45) is 0 Å². The first-order valence-corrected chi connectivity index (χ1v) is 6.61. The summed E-state index contributed by atoms with van der Waals surface area (Å²) in [5, 5.41) is 0. The average Bonchev–Trinajstić information content (AvgIpc) is 2.87. The van der Waals surface area contributed by atoms with E-state index in [1.54, 1.807) is 19.9 Å².